The van der Waals surface area contributed by atoms with Gasteiger partial charge in [0.1, 0.15) is 5.69 Å². The maximum atomic E-state index is 12.2. The van der Waals surface area contributed by atoms with Crippen LogP contribution in [0.4, 0.5) is 0 Å². The van der Waals surface area contributed by atoms with Gasteiger partial charge in [-0.05, 0) is 26.8 Å². The van der Waals surface area contributed by atoms with Gasteiger partial charge in [0.2, 0.25) is 0 Å². The molecule has 0 unspecified atom stereocenters. The van der Waals surface area contributed by atoms with Crippen LogP contribution < -0.4 is 5.32 Å². The lowest BCUT2D eigenvalue weighted by molar-refractivity contribution is 0.0726. The third-order valence-corrected chi connectivity index (χ3v) is 2.86. The molecule has 92 valence electrons. The molecule has 0 atom stereocenters. The standard InChI is InChI=1S/C12H18N4O/c1-12(2)9-16(7-3-4-15-12)11(17)10-8-13-5-6-14-10/h5-6,8,15H,3-4,7,9H2,1-2H3. The lowest BCUT2D eigenvalue weighted by Gasteiger charge is -2.29. The quantitative estimate of drug-likeness (QED) is 0.776. The van der Waals surface area contributed by atoms with E-state index in [1.54, 1.807) is 12.4 Å². The van der Waals surface area contributed by atoms with Crippen molar-refractivity contribution in [3.63, 3.8) is 0 Å². The molecular formula is C12H18N4O. The van der Waals surface area contributed by atoms with Crippen molar-refractivity contribution >= 4 is 5.91 Å². The topological polar surface area (TPSA) is 58.1 Å². The first-order valence-corrected chi connectivity index (χ1v) is 5.89. The molecule has 1 aliphatic rings. The number of rotatable bonds is 1. The monoisotopic (exact) mass is 234 g/mol. The van der Waals surface area contributed by atoms with Crippen LogP contribution in [-0.2, 0) is 0 Å². The van der Waals surface area contributed by atoms with E-state index in [2.05, 4.69) is 29.1 Å². The van der Waals surface area contributed by atoms with Gasteiger partial charge in [0.05, 0.1) is 6.20 Å². The fourth-order valence-corrected chi connectivity index (χ4v) is 2.05. The van der Waals surface area contributed by atoms with Crippen LogP contribution in [0.3, 0.4) is 0 Å². The molecule has 1 amide bonds. The summed E-state index contributed by atoms with van der Waals surface area (Å²) in [6.07, 6.45) is 5.61. The molecule has 0 aliphatic carbocycles. The number of amides is 1. The average Bonchev–Trinajstić information content (AvgIpc) is 2.50. The predicted molar refractivity (Wildman–Crippen MR) is 64.6 cm³/mol. The molecule has 17 heavy (non-hydrogen) atoms. The second-order valence-electron chi connectivity index (χ2n) is 4.98. The fraction of sp³-hybridized carbons (Fsp3) is 0.583. The Hall–Kier alpha value is -1.49. The van der Waals surface area contributed by atoms with Gasteiger partial charge in [-0.2, -0.15) is 0 Å². The Labute approximate surface area is 101 Å². The van der Waals surface area contributed by atoms with E-state index in [9.17, 15) is 4.79 Å². The van der Waals surface area contributed by atoms with Gasteiger partial charge in [-0.15, -0.1) is 0 Å². The second kappa shape index (κ2) is 4.79. The Morgan fingerprint density at radius 1 is 1.47 bits per heavy atom. The van der Waals surface area contributed by atoms with E-state index in [0.29, 0.717) is 12.2 Å². The molecule has 0 radical (unpaired) electrons. The number of nitrogens with one attached hydrogen (secondary N) is 1. The molecule has 1 saturated heterocycles. The normalized spacial score (nSPS) is 19.8. The first-order valence-electron chi connectivity index (χ1n) is 5.89. The summed E-state index contributed by atoms with van der Waals surface area (Å²) in [5.74, 6) is -0.0325. The summed E-state index contributed by atoms with van der Waals surface area (Å²) in [5, 5.41) is 3.43. The Balaban J connectivity index is 2.13. The van der Waals surface area contributed by atoms with Crippen LogP contribution in [0.15, 0.2) is 18.6 Å². The number of hydrogen-bond donors (Lipinski definition) is 1. The van der Waals surface area contributed by atoms with E-state index in [1.165, 1.54) is 6.20 Å². The van der Waals surface area contributed by atoms with Gasteiger partial charge >= 0.3 is 0 Å². The summed E-state index contributed by atoms with van der Waals surface area (Å²) in [7, 11) is 0. The van der Waals surface area contributed by atoms with Gasteiger partial charge in [-0.3, -0.25) is 9.78 Å². The van der Waals surface area contributed by atoms with E-state index in [-0.39, 0.29) is 11.4 Å². The van der Waals surface area contributed by atoms with E-state index in [0.717, 1.165) is 19.5 Å². The highest BCUT2D eigenvalue weighted by molar-refractivity contribution is 5.92. The number of carbonyl (C=O) groups excluding carboxylic acids is 1. The van der Waals surface area contributed by atoms with Crippen LogP contribution in [-0.4, -0.2) is 45.9 Å². The molecule has 2 rings (SSSR count). The zero-order valence-corrected chi connectivity index (χ0v) is 10.3. The molecule has 1 aliphatic heterocycles. The first-order chi connectivity index (χ1) is 8.08. The van der Waals surface area contributed by atoms with Gasteiger partial charge in [-0.25, -0.2) is 4.98 Å². The summed E-state index contributed by atoms with van der Waals surface area (Å²) in [6.45, 7) is 6.62. The highest BCUT2D eigenvalue weighted by Gasteiger charge is 2.27. The Bertz CT molecular complexity index is 391. The van der Waals surface area contributed by atoms with Gasteiger partial charge in [0.15, 0.2) is 0 Å². The van der Waals surface area contributed by atoms with Gasteiger partial charge in [0, 0.05) is 31.0 Å². The SMILES string of the molecule is CC1(C)CN(C(=O)c2cnccn2)CCCN1. The predicted octanol–water partition coefficient (Wildman–Crippen LogP) is 0.691. The van der Waals surface area contributed by atoms with E-state index < -0.39 is 0 Å². The number of aromatic nitrogens is 2. The van der Waals surface area contributed by atoms with E-state index in [1.807, 2.05) is 4.90 Å². The van der Waals surface area contributed by atoms with Crippen molar-refractivity contribution in [3.05, 3.63) is 24.3 Å². The van der Waals surface area contributed by atoms with Crippen LogP contribution in [0.25, 0.3) is 0 Å². The summed E-state index contributed by atoms with van der Waals surface area (Å²) >= 11 is 0. The zero-order chi connectivity index (χ0) is 12.3. The van der Waals surface area contributed by atoms with Crippen LogP contribution in [0, 0.1) is 0 Å². The van der Waals surface area contributed by atoms with Crippen molar-refractivity contribution in [1.82, 2.24) is 20.2 Å². The van der Waals surface area contributed by atoms with E-state index in [4.69, 9.17) is 0 Å². The number of nitrogens with zero attached hydrogens (tertiary/aromatic N) is 3. The molecule has 5 heteroatoms. The van der Waals surface area contributed by atoms with Gasteiger partial charge in [-0.1, -0.05) is 0 Å². The molecule has 0 bridgehead atoms. The summed E-state index contributed by atoms with van der Waals surface area (Å²) in [6, 6.07) is 0. The molecule has 0 spiro atoms. The Kier molecular flexibility index (Phi) is 3.38. The number of hydrogen-bond acceptors (Lipinski definition) is 4. The lowest BCUT2D eigenvalue weighted by atomic mass is 10.1. The van der Waals surface area contributed by atoms with Crippen molar-refractivity contribution in [2.24, 2.45) is 0 Å². The third kappa shape index (κ3) is 3.00. The molecular weight excluding hydrogens is 216 g/mol. The minimum Gasteiger partial charge on any atom is -0.335 e. The minimum absolute atomic E-state index is 0.0325. The fourth-order valence-electron chi connectivity index (χ4n) is 2.05. The molecule has 1 fully saturated rings. The van der Waals surface area contributed by atoms with Crippen LogP contribution in [0.2, 0.25) is 0 Å². The summed E-state index contributed by atoms with van der Waals surface area (Å²) in [4.78, 5) is 22.1. The van der Waals surface area contributed by atoms with Crippen LogP contribution in [0.5, 0.6) is 0 Å². The van der Waals surface area contributed by atoms with Crippen molar-refractivity contribution < 1.29 is 4.79 Å². The zero-order valence-electron chi connectivity index (χ0n) is 10.3. The molecule has 0 aromatic carbocycles. The Morgan fingerprint density at radius 3 is 3.00 bits per heavy atom. The van der Waals surface area contributed by atoms with Crippen molar-refractivity contribution in [2.75, 3.05) is 19.6 Å². The highest BCUT2D eigenvalue weighted by atomic mass is 16.2. The van der Waals surface area contributed by atoms with Crippen molar-refractivity contribution in [2.45, 2.75) is 25.8 Å². The third-order valence-electron chi connectivity index (χ3n) is 2.86. The summed E-state index contributed by atoms with van der Waals surface area (Å²) < 4.78 is 0. The Morgan fingerprint density at radius 2 is 2.29 bits per heavy atom. The van der Waals surface area contributed by atoms with Gasteiger partial charge < -0.3 is 10.2 Å². The first kappa shape index (κ1) is 12.0. The van der Waals surface area contributed by atoms with Crippen LogP contribution in [0.1, 0.15) is 30.8 Å². The second-order valence-corrected chi connectivity index (χ2v) is 4.98. The molecule has 0 saturated carbocycles. The largest absolute Gasteiger partial charge is 0.335 e. The smallest absolute Gasteiger partial charge is 0.274 e. The lowest BCUT2D eigenvalue weighted by Crippen LogP contribution is -2.48. The maximum Gasteiger partial charge on any atom is 0.274 e. The molecule has 1 aromatic rings. The molecule has 1 N–H and O–H groups in total. The van der Waals surface area contributed by atoms with Crippen molar-refractivity contribution in [3.8, 4) is 0 Å². The summed E-state index contributed by atoms with van der Waals surface area (Å²) in [5.41, 5.74) is 0.374. The van der Waals surface area contributed by atoms with Gasteiger partial charge in [0.25, 0.3) is 5.91 Å². The molecule has 5 nitrogen and oxygen atoms in total. The van der Waals surface area contributed by atoms with Crippen molar-refractivity contribution in [1.29, 1.82) is 0 Å². The maximum absolute atomic E-state index is 12.2. The minimum atomic E-state index is -0.0473. The van der Waals surface area contributed by atoms with Crippen LogP contribution >= 0.6 is 0 Å². The highest BCUT2D eigenvalue weighted by Crippen LogP contribution is 2.12. The number of carbonyl (C=O) groups is 1. The van der Waals surface area contributed by atoms with E-state index >= 15 is 0 Å². The molecule has 2 heterocycles. The average molecular weight is 234 g/mol. The molecule has 1 aromatic heterocycles.